The fourth-order valence-electron chi connectivity index (χ4n) is 1.10. The summed E-state index contributed by atoms with van der Waals surface area (Å²) >= 11 is 0. The van der Waals surface area contributed by atoms with Crippen molar-refractivity contribution < 1.29 is 13.9 Å². The molecule has 1 rings (SSSR count). The normalized spacial score (nSPS) is 12.2. The van der Waals surface area contributed by atoms with Gasteiger partial charge in [0, 0.05) is 12.1 Å². The number of nitrogens with two attached hydrogens (primary N) is 2. The molecular weight excluding hydrogens is 199 g/mol. The van der Waals surface area contributed by atoms with Gasteiger partial charge in [0.2, 0.25) is 0 Å². The molecule has 1 unspecified atom stereocenters. The van der Waals surface area contributed by atoms with Crippen molar-refractivity contribution >= 4 is 5.91 Å². The zero-order valence-electron chi connectivity index (χ0n) is 8.37. The number of amides is 1. The van der Waals surface area contributed by atoms with Gasteiger partial charge in [-0.3, -0.25) is 4.79 Å². The summed E-state index contributed by atoms with van der Waals surface area (Å²) in [5, 5.41) is 0. The number of carbonyl (C=O) groups is 1. The van der Waals surface area contributed by atoms with Crippen LogP contribution < -0.4 is 16.2 Å². The van der Waals surface area contributed by atoms with Crippen molar-refractivity contribution in [1.82, 2.24) is 0 Å². The second-order valence-electron chi connectivity index (χ2n) is 3.08. The van der Waals surface area contributed by atoms with Crippen LogP contribution in [-0.4, -0.2) is 12.0 Å². The lowest BCUT2D eigenvalue weighted by molar-refractivity contribution is -0.124. The van der Waals surface area contributed by atoms with E-state index in [-0.39, 0.29) is 17.9 Å². The monoisotopic (exact) mass is 212 g/mol. The third kappa shape index (κ3) is 2.66. The second-order valence-corrected chi connectivity index (χ2v) is 3.08. The lowest BCUT2D eigenvalue weighted by Crippen LogP contribution is -2.31. The van der Waals surface area contributed by atoms with Crippen LogP contribution in [0.25, 0.3) is 0 Å². The Balaban J connectivity index is 2.94. The smallest absolute Gasteiger partial charge is 0.258 e. The van der Waals surface area contributed by atoms with Crippen molar-refractivity contribution in [3.05, 3.63) is 29.6 Å². The maximum absolute atomic E-state index is 13.2. The van der Waals surface area contributed by atoms with E-state index >= 15 is 0 Å². The van der Waals surface area contributed by atoms with Crippen LogP contribution in [0.1, 0.15) is 12.5 Å². The summed E-state index contributed by atoms with van der Waals surface area (Å²) in [4.78, 5) is 10.8. The minimum atomic E-state index is -0.808. The Hall–Kier alpha value is -1.62. The van der Waals surface area contributed by atoms with E-state index in [1.807, 2.05) is 0 Å². The van der Waals surface area contributed by atoms with Gasteiger partial charge in [-0.25, -0.2) is 4.39 Å². The number of benzene rings is 1. The van der Waals surface area contributed by atoms with Crippen LogP contribution in [0.15, 0.2) is 18.2 Å². The molecule has 0 aliphatic carbocycles. The van der Waals surface area contributed by atoms with Crippen LogP contribution in [0, 0.1) is 5.82 Å². The van der Waals surface area contributed by atoms with E-state index in [1.54, 1.807) is 6.07 Å². The Morgan fingerprint density at radius 1 is 1.60 bits per heavy atom. The highest BCUT2D eigenvalue weighted by molar-refractivity contribution is 5.78. The molecule has 4 N–H and O–H groups in total. The largest absolute Gasteiger partial charge is 0.480 e. The molecule has 0 aliphatic heterocycles. The van der Waals surface area contributed by atoms with Crippen molar-refractivity contribution in [1.29, 1.82) is 0 Å². The molecule has 5 heteroatoms. The average molecular weight is 212 g/mol. The van der Waals surface area contributed by atoms with Crippen molar-refractivity contribution in [2.24, 2.45) is 11.5 Å². The molecule has 1 amide bonds. The highest BCUT2D eigenvalue weighted by Gasteiger charge is 2.14. The van der Waals surface area contributed by atoms with Gasteiger partial charge in [-0.2, -0.15) is 0 Å². The fourth-order valence-corrected chi connectivity index (χ4v) is 1.10. The van der Waals surface area contributed by atoms with Crippen LogP contribution in [0.2, 0.25) is 0 Å². The number of primary amides is 1. The standard InChI is InChI=1S/C10H13FN2O2/c1-6(10(13)14)15-9-4-2-3-8(11)7(9)5-12/h2-4,6H,5,12H2,1H3,(H2,13,14). The third-order valence-electron chi connectivity index (χ3n) is 1.98. The summed E-state index contributed by atoms with van der Waals surface area (Å²) in [5.74, 6) is -0.808. The molecule has 0 radical (unpaired) electrons. The van der Waals surface area contributed by atoms with Crippen LogP contribution >= 0.6 is 0 Å². The van der Waals surface area contributed by atoms with E-state index < -0.39 is 17.8 Å². The van der Waals surface area contributed by atoms with Gasteiger partial charge < -0.3 is 16.2 Å². The minimum Gasteiger partial charge on any atom is -0.480 e. The zero-order valence-corrected chi connectivity index (χ0v) is 8.37. The Kier molecular flexibility index (Phi) is 3.62. The summed E-state index contributed by atoms with van der Waals surface area (Å²) in [5.41, 5.74) is 10.6. The predicted molar refractivity (Wildman–Crippen MR) is 53.6 cm³/mol. The van der Waals surface area contributed by atoms with Crippen LogP contribution in [-0.2, 0) is 11.3 Å². The molecule has 1 aromatic rings. The highest BCUT2D eigenvalue weighted by atomic mass is 19.1. The topological polar surface area (TPSA) is 78.3 Å². The predicted octanol–water partition coefficient (Wildman–Crippen LogP) is 0.537. The first-order chi connectivity index (χ1) is 7.06. The Morgan fingerprint density at radius 2 is 2.27 bits per heavy atom. The molecule has 1 atom stereocenters. The lowest BCUT2D eigenvalue weighted by Gasteiger charge is -2.14. The van der Waals surface area contributed by atoms with Gasteiger partial charge in [-0.15, -0.1) is 0 Å². The quantitative estimate of drug-likeness (QED) is 0.764. The molecule has 0 saturated carbocycles. The van der Waals surface area contributed by atoms with E-state index in [0.717, 1.165) is 0 Å². The summed E-state index contributed by atoms with van der Waals surface area (Å²) in [6, 6.07) is 4.31. The lowest BCUT2D eigenvalue weighted by atomic mass is 10.2. The number of carbonyl (C=O) groups excluding carboxylic acids is 1. The molecule has 0 aliphatic rings. The van der Waals surface area contributed by atoms with Crippen molar-refractivity contribution in [2.75, 3.05) is 0 Å². The van der Waals surface area contributed by atoms with E-state index in [0.29, 0.717) is 0 Å². The number of ether oxygens (including phenoxy) is 1. The number of hydrogen-bond acceptors (Lipinski definition) is 3. The summed E-state index contributed by atoms with van der Waals surface area (Å²) in [6.07, 6.45) is -0.808. The number of rotatable bonds is 4. The van der Waals surface area contributed by atoms with E-state index in [2.05, 4.69) is 0 Å². The fraction of sp³-hybridized carbons (Fsp3) is 0.300. The maximum atomic E-state index is 13.2. The van der Waals surface area contributed by atoms with Crippen LogP contribution in [0.3, 0.4) is 0 Å². The molecule has 0 spiro atoms. The number of halogens is 1. The van der Waals surface area contributed by atoms with E-state index in [9.17, 15) is 9.18 Å². The van der Waals surface area contributed by atoms with Gasteiger partial charge in [0.1, 0.15) is 11.6 Å². The Labute approximate surface area is 87.0 Å². The van der Waals surface area contributed by atoms with Gasteiger partial charge >= 0.3 is 0 Å². The first-order valence-corrected chi connectivity index (χ1v) is 4.49. The van der Waals surface area contributed by atoms with Crippen molar-refractivity contribution in [2.45, 2.75) is 19.6 Å². The van der Waals surface area contributed by atoms with Gasteiger partial charge in [-0.1, -0.05) is 6.07 Å². The molecule has 82 valence electrons. The first-order valence-electron chi connectivity index (χ1n) is 4.49. The Bertz CT molecular complexity index is 368. The molecule has 0 fully saturated rings. The molecule has 0 aromatic heterocycles. The Morgan fingerprint density at radius 3 is 2.80 bits per heavy atom. The summed E-state index contributed by atoms with van der Waals surface area (Å²) in [6.45, 7) is 1.50. The van der Waals surface area contributed by atoms with Crippen molar-refractivity contribution in [3.8, 4) is 5.75 Å². The molecular formula is C10H13FN2O2. The van der Waals surface area contributed by atoms with Gasteiger partial charge in [0.15, 0.2) is 6.10 Å². The molecule has 0 saturated heterocycles. The molecule has 15 heavy (non-hydrogen) atoms. The second kappa shape index (κ2) is 4.75. The minimum absolute atomic E-state index is 0.00743. The molecule has 1 aromatic carbocycles. The molecule has 4 nitrogen and oxygen atoms in total. The molecule has 0 heterocycles. The van der Waals surface area contributed by atoms with Gasteiger partial charge in [0.25, 0.3) is 5.91 Å². The first kappa shape index (κ1) is 11.5. The average Bonchev–Trinajstić information content (AvgIpc) is 2.18. The van der Waals surface area contributed by atoms with Crippen LogP contribution in [0.4, 0.5) is 4.39 Å². The van der Waals surface area contributed by atoms with Crippen molar-refractivity contribution in [3.63, 3.8) is 0 Å². The van der Waals surface area contributed by atoms with Gasteiger partial charge in [-0.05, 0) is 19.1 Å². The molecule has 0 bridgehead atoms. The zero-order chi connectivity index (χ0) is 11.4. The number of hydrogen-bond donors (Lipinski definition) is 2. The van der Waals surface area contributed by atoms with E-state index in [1.165, 1.54) is 19.1 Å². The highest BCUT2D eigenvalue weighted by Crippen LogP contribution is 2.21. The summed E-state index contributed by atoms with van der Waals surface area (Å²) < 4.78 is 18.4. The van der Waals surface area contributed by atoms with E-state index in [4.69, 9.17) is 16.2 Å². The third-order valence-corrected chi connectivity index (χ3v) is 1.98. The maximum Gasteiger partial charge on any atom is 0.258 e. The summed E-state index contributed by atoms with van der Waals surface area (Å²) in [7, 11) is 0. The SMILES string of the molecule is CC(Oc1cccc(F)c1CN)C(N)=O. The van der Waals surface area contributed by atoms with Gasteiger partial charge in [0.05, 0.1) is 0 Å². The van der Waals surface area contributed by atoms with Crippen LogP contribution in [0.5, 0.6) is 5.75 Å².